The lowest BCUT2D eigenvalue weighted by atomic mass is 10.1. The third-order valence-corrected chi connectivity index (χ3v) is 3.11. The molecule has 0 aliphatic rings. The van der Waals surface area contributed by atoms with Gasteiger partial charge in [-0.3, -0.25) is 0 Å². The maximum Gasteiger partial charge on any atom is 0.127 e. The molecule has 2 aromatic carbocycles. The molecule has 0 radical (unpaired) electrons. The molecule has 0 aromatic heterocycles. The Bertz CT molecular complexity index is 569. The van der Waals surface area contributed by atoms with E-state index in [1.807, 2.05) is 50.2 Å². The number of aliphatic hydroxyl groups is 1. The molecule has 0 heterocycles. The fourth-order valence-corrected chi connectivity index (χ4v) is 2.04. The molecule has 0 saturated carbocycles. The summed E-state index contributed by atoms with van der Waals surface area (Å²) in [5.74, 6) is 0.749. The van der Waals surface area contributed by atoms with Gasteiger partial charge in [-0.05, 0) is 12.1 Å². The summed E-state index contributed by atoms with van der Waals surface area (Å²) in [5, 5.41) is 15.0. The third-order valence-electron chi connectivity index (χ3n) is 3.11. The summed E-state index contributed by atoms with van der Waals surface area (Å²) < 4.78 is 5.72. The van der Waals surface area contributed by atoms with Crippen molar-refractivity contribution in [2.45, 2.75) is 26.0 Å². The van der Waals surface area contributed by atoms with Gasteiger partial charge in [-0.25, -0.2) is 0 Å². The smallest absolute Gasteiger partial charge is 0.127 e. The molecular weight excluding hydrogens is 252 g/mol. The summed E-state index contributed by atoms with van der Waals surface area (Å²) in [6, 6.07) is 11.9. The van der Waals surface area contributed by atoms with Crippen molar-refractivity contribution in [1.29, 1.82) is 0 Å². The number of hydrogen-bond acceptors (Lipinski definition) is 4. The van der Waals surface area contributed by atoms with Gasteiger partial charge in [0.15, 0.2) is 0 Å². The summed E-state index contributed by atoms with van der Waals surface area (Å²) in [7, 11) is 0. The molecule has 0 saturated heterocycles. The molecule has 0 unspecified atom stereocenters. The van der Waals surface area contributed by atoms with Gasteiger partial charge in [0.05, 0.1) is 0 Å². The number of nitrogen functional groups attached to an aromatic ring is 1. The van der Waals surface area contributed by atoms with Crippen molar-refractivity contribution in [3.63, 3.8) is 0 Å². The van der Waals surface area contributed by atoms with E-state index >= 15 is 0 Å². The molecular formula is C16H22N2O2. The first-order valence-electron chi connectivity index (χ1n) is 6.89. The Hall–Kier alpha value is -1.78. The van der Waals surface area contributed by atoms with Crippen LogP contribution in [0.2, 0.25) is 0 Å². The number of hydrogen-bond donors (Lipinski definition) is 3. The second-order valence-corrected chi connectivity index (χ2v) is 5.23. The number of anilines is 1. The fraction of sp³-hybridized carbons (Fsp3) is 0.375. The maximum absolute atomic E-state index is 9.87. The van der Waals surface area contributed by atoms with Gasteiger partial charge in [-0.2, -0.15) is 0 Å². The molecule has 1 atom stereocenters. The molecule has 0 spiro atoms. The highest BCUT2D eigenvalue weighted by Gasteiger charge is 2.09. The lowest BCUT2D eigenvalue weighted by Crippen LogP contribution is -2.35. The van der Waals surface area contributed by atoms with Gasteiger partial charge in [-0.1, -0.05) is 38.1 Å². The molecule has 0 bridgehead atoms. The lowest BCUT2D eigenvalue weighted by Gasteiger charge is -2.16. The van der Waals surface area contributed by atoms with Crippen LogP contribution in [0.15, 0.2) is 36.4 Å². The van der Waals surface area contributed by atoms with Gasteiger partial charge in [0.1, 0.15) is 18.5 Å². The quantitative estimate of drug-likeness (QED) is 0.706. The standard InChI is InChI=1S/C16H22N2O2/c1-11(2)18-9-12(19)10-20-16-8-7-15(17)13-5-3-4-6-14(13)16/h3-8,11-12,18-19H,9-10,17H2,1-2H3/t12-/m0/s1. The SMILES string of the molecule is CC(C)NC[C@H](O)COc1ccc(N)c2ccccc12. The summed E-state index contributed by atoms with van der Waals surface area (Å²) in [6.45, 7) is 4.86. The Morgan fingerprint density at radius 3 is 2.55 bits per heavy atom. The molecule has 0 aliphatic carbocycles. The van der Waals surface area contributed by atoms with Crippen LogP contribution >= 0.6 is 0 Å². The van der Waals surface area contributed by atoms with E-state index in [1.54, 1.807) is 0 Å². The molecule has 2 aromatic rings. The summed E-state index contributed by atoms with van der Waals surface area (Å²) in [6.07, 6.45) is -0.534. The van der Waals surface area contributed by atoms with E-state index in [9.17, 15) is 5.11 Å². The molecule has 2 rings (SSSR count). The van der Waals surface area contributed by atoms with Crippen molar-refractivity contribution >= 4 is 16.5 Å². The Labute approximate surface area is 119 Å². The number of aliphatic hydroxyl groups excluding tert-OH is 1. The number of nitrogens with one attached hydrogen (secondary N) is 1. The third kappa shape index (κ3) is 3.62. The number of nitrogens with two attached hydrogens (primary N) is 1. The summed E-state index contributed by atoms with van der Waals surface area (Å²) >= 11 is 0. The van der Waals surface area contributed by atoms with Crippen molar-refractivity contribution in [2.75, 3.05) is 18.9 Å². The zero-order valence-corrected chi connectivity index (χ0v) is 12.0. The highest BCUT2D eigenvalue weighted by atomic mass is 16.5. The molecule has 4 N–H and O–H groups in total. The highest BCUT2D eigenvalue weighted by molar-refractivity contribution is 5.96. The second kappa shape index (κ2) is 6.59. The zero-order valence-electron chi connectivity index (χ0n) is 12.0. The number of fused-ring (bicyclic) bond motifs is 1. The van der Waals surface area contributed by atoms with Gasteiger partial charge in [0.25, 0.3) is 0 Å². The van der Waals surface area contributed by atoms with Crippen LogP contribution in [0.4, 0.5) is 5.69 Å². The van der Waals surface area contributed by atoms with Crippen LogP contribution in [0, 0.1) is 0 Å². The normalized spacial score (nSPS) is 12.8. The Morgan fingerprint density at radius 2 is 1.85 bits per heavy atom. The molecule has 0 aliphatic heterocycles. The van der Waals surface area contributed by atoms with Crippen molar-refractivity contribution in [3.8, 4) is 5.75 Å². The van der Waals surface area contributed by atoms with E-state index in [0.717, 1.165) is 22.2 Å². The Morgan fingerprint density at radius 1 is 1.15 bits per heavy atom. The largest absolute Gasteiger partial charge is 0.490 e. The zero-order chi connectivity index (χ0) is 14.5. The van der Waals surface area contributed by atoms with Crippen LogP contribution < -0.4 is 15.8 Å². The van der Waals surface area contributed by atoms with E-state index < -0.39 is 6.10 Å². The number of rotatable bonds is 6. The average Bonchev–Trinajstić information content (AvgIpc) is 2.45. The summed E-state index contributed by atoms with van der Waals surface area (Å²) in [4.78, 5) is 0. The minimum absolute atomic E-state index is 0.258. The van der Waals surface area contributed by atoms with Crippen molar-refractivity contribution in [3.05, 3.63) is 36.4 Å². The van der Waals surface area contributed by atoms with Crippen molar-refractivity contribution < 1.29 is 9.84 Å². The molecule has 0 amide bonds. The van der Waals surface area contributed by atoms with E-state index in [2.05, 4.69) is 5.32 Å². The first-order valence-corrected chi connectivity index (χ1v) is 6.89. The van der Waals surface area contributed by atoms with Gasteiger partial charge >= 0.3 is 0 Å². The minimum Gasteiger partial charge on any atom is -0.490 e. The van der Waals surface area contributed by atoms with Crippen LogP contribution in [-0.4, -0.2) is 30.4 Å². The van der Waals surface area contributed by atoms with Crippen molar-refractivity contribution in [2.24, 2.45) is 0 Å². The van der Waals surface area contributed by atoms with Crippen LogP contribution in [0.3, 0.4) is 0 Å². The van der Waals surface area contributed by atoms with Gasteiger partial charge < -0.3 is 20.9 Å². The first-order chi connectivity index (χ1) is 9.58. The molecule has 0 fully saturated rings. The van der Waals surface area contributed by atoms with Gasteiger partial charge in [0.2, 0.25) is 0 Å². The highest BCUT2D eigenvalue weighted by Crippen LogP contribution is 2.29. The second-order valence-electron chi connectivity index (χ2n) is 5.23. The van der Waals surface area contributed by atoms with Crippen LogP contribution in [0.5, 0.6) is 5.75 Å². The van der Waals surface area contributed by atoms with E-state index in [1.165, 1.54) is 0 Å². The minimum atomic E-state index is -0.534. The fourth-order valence-electron chi connectivity index (χ4n) is 2.04. The molecule has 4 heteroatoms. The first kappa shape index (κ1) is 14.6. The predicted molar refractivity (Wildman–Crippen MR) is 83.0 cm³/mol. The number of ether oxygens (including phenoxy) is 1. The summed E-state index contributed by atoms with van der Waals surface area (Å²) in [5.41, 5.74) is 6.68. The molecule has 4 nitrogen and oxygen atoms in total. The van der Waals surface area contributed by atoms with Crippen LogP contribution in [0.1, 0.15) is 13.8 Å². The monoisotopic (exact) mass is 274 g/mol. The Balaban J connectivity index is 2.05. The molecule has 108 valence electrons. The lowest BCUT2D eigenvalue weighted by molar-refractivity contribution is 0.105. The van der Waals surface area contributed by atoms with Gasteiger partial charge in [-0.15, -0.1) is 0 Å². The average molecular weight is 274 g/mol. The van der Waals surface area contributed by atoms with Crippen LogP contribution in [-0.2, 0) is 0 Å². The van der Waals surface area contributed by atoms with Gasteiger partial charge in [0, 0.05) is 29.0 Å². The van der Waals surface area contributed by atoms with E-state index in [0.29, 0.717) is 12.6 Å². The van der Waals surface area contributed by atoms with E-state index in [-0.39, 0.29) is 6.61 Å². The molecule has 20 heavy (non-hydrogen) atoms. The van der Waals surface area contributed by atoms with E-state index in [4.69, 9.17) is 10.5 Å². The predicted octanol–water partition coefficient (Wildman–Crippen LogP) is 2.16. The number of benzene rings is 2. The Kier molecular flexibility index (Phi) is 4.82. The topological polar surface area (TPSA) is 67.5 Å². The van der Waals surface area contributed by atoms with Crippen LogP contribution in [0.25, 0.3) is 10.8 Å². The maximum atomic E-state index is 9.87. The van der Waals surface area contributed by atoms with Crippen molar-refractivity contribution in [1.82, 2.24) is 5.32 Å².